The zero-order chi connectivity index (χ0) is 18.1. The Hall–Kier alpha value is -1.28. The molecule has 2 heterocycles. The molecule has 2 aromatic heterocycles. The molecular formula is C18H20BrN3OS2. The number of halogens is 1. The summed E-state index contributed by atoms with van der Waals surface area (Å²) in [4.78, 5) is 22.5. The van der Waals surface area contributed by atoms with Crippen molar-refractivity contribution in [3.8, 4) is 0 Å². The number of rotatable bonds is 5. The second-order valence-electron chi connectivity index (χ2n) is 6.21. The van der Waals surface area contributed by atoms with Gasteiger partial charge in [-0.3, -0.25) is 9.69 Å². The number of carbonyl (C=O) groups is 1. The van der Waals surface area contributed by atoms with E-state index in [0.29, 0.717) is 6.54 Å². The molecule has 25 heavy (non-hydrogen) atoms. The highest BCUT2D eigenvalue weighted by Crippen LogP contribution is 2.33. The highest BCUT2D eigenvalue weighted by molar-refractivity contribution is 9.11. The smallest absolute Gasteiger partial charge is 0.270 e. The Balaban J connectivity index is 2.01. The number of carbonyl (C=O) groups excluding carboxylic acids is 1. The van der Waals surface area contributed by atoms with Gasteiger partial charge in [-0.05, 0) is 73.2 Å². The summed E-state index contributed by atoms with van der Waals surface area (Å²) >= 11 is 6.47. The van der Waals surface area contributed by atoms with E-state index in [1.54, 1.807) is 16.2 Å². The number of aromatic nitrogens is 1. The topological polar surface area (TPSA) is 36.4 Å². The first-order valence-electron chi connectivity index (χ1n) is 7.95. The average molecular weight is 438 g/mol. The highest BCUT2D eigenvalue weighted by Gasteiger charge is 2.23. The summed E-state index contributed by atoms with van der Waals surface area (Å²) in [5.74, 6) is 0.00554. The molecule has 0 aliphatic carbocycles. The first kappa shape index (κ1) is 18.5. The molecule has 0 saturated carbocycles. The van der Waals surface area contributed by atoms with Crippen LogP contribution in [0.15, 0.2) is 28.1 Å². The maximum Gasteiger partial charge on any atom is 0.270 e. The van der Waals surface area contributed by atoms with E-state index in [-0.39, 0.29) is 5.91 Å². The van der Waals surface area contributed by atoms with E-state index in [0.717, 1.165) is 30.6 Å². The molecule has 0 unspecified atom stereocenters. The fourth-order valence-electron chi connectivity index (χ4n) is 2.48. The van der Waals surface area contributed by atoms with Gasteiger partial charge in [0, 0.05) is 13.1 Å². The van der Waals surface area contributed by atoms with Crippen molar-refractivity contribution in [1.82, 2.24) is 9.88 Å². The van der Waals surface area contributed by atoms with Crippen molar-refractivity contribution >= 4 is 59.9 Å². The normalized spacial score (nSPS) is 11.4. The lowest BCUT2D eigenvalue weighted by Crippen LogP contribution is -2.36. The number of nitrogens with zero attached hydrogens (tertiary/aromatic N) is 3. The second kappa shape index (κ2) is 7.53. The fraction of sp³-hybridized carbons (Fsp3) is 0.333. The van der Waals surface area contributed by atoms with E-state index in [1.807, 2.05) is 26.2 Å². The maximum absolute atomic E-state index is 13.1. The number of hydrogen-bond donors (Lipinski definition) is 0. The lowest BCUT2D eigenvalue weighted by atomic mass is 10.1. The van der Waals surface area contributed by atoms with Crippen molar-refractivity contribution in [2.75, 3.05) is 32.1 Å². The van der Waals surface area contributed by atoms with Gasteiger partial charge in [0.2, 0.25) is 0 Å². The van der Waals surface area contributed by atoms with Gasteiger partial charge in [0.25, 0.3) is 5.91 Å². The largest absolute Gasteiger partial charge is 0.308 e. The number of amides is 1. The number of aryl methyl sites for hydroxylation is 2. The molecule has 4 nitrogen and oxygen atoms in total. The van der Waals surface area contributed by atoms with Crippen molar-refractivity contribution in [1.29, 1.82) is 0 Å². The monoisotopic (exact) mass is 437 g/mol. The SMILES string of the molecule is Cc1ccc2sc(N(CCN(C)C)C(=O)c3ccc(Br)s3)nc2c1C. The van der Waals surface area contributed by atoms with Gasteiger partial charge in [0.15, 0.2) is 5.13 Å². The molecule has 0 fully saturated rings. The van der Waals surface area contributed by atoms with E-state index in [1.165, 1.54) is 22.5 Å². The van der Waals surface area contributed by atoms with Crippen molar-refractivity contribution in [2.24, 2.45) is 0 Å². The van der Waals surface area contributed by atoms with Gasteiger partial charge >= 0.3 is 0 Å². The van der Waals surface area contributed by atoms with Gasteiger partial charge in [-0.2, -0.15) is 0 Å². The Kier molecular flexibility index (Phi) is 5.58. The zero-order valence-electron chi connectivity index (χ0n) is 14.7. The van der Waals surface area contributed by atoms with Crippen LogP contribution >= 0.6 is 38.6 Å². The minimum Gasteiger partial charge on any atom is -0.308 e. The lowest BCUT2D eigenvalue weighted by molar-refractivity contribution is 0.0989. The van der Waals surface area contributed by atoms with Gasteiger partial charge in [0.05, 0.1) is 18.9 Å². The van der Waals surface area contributed by atoms with Crippen molar-refractivity contribution < 1.29 is 4.79 Å². The maximum atomic E-state index is 13.1. The number of benzene rings is 1. The van der Waals surface area contributed by atoms with Crippen LogP contribution in [0.1, 0.15) is 20.8 Å². The van der Waals surface area contributed by atoms with E-state index < -0.39 is 0 Å². The van der Waals surface area contributed by atoms with Gasteiger partial charge in [-0.15, -0.1) is 11.3 Å². The van der Waals surface area contributed by atoms with E-state index >= 15 is 0 Å². The van der Waals surface area contributed by atoms with Crippen LogP contribution in [0.5, 0.6) is 0 Å². The van der Waals surface area contributed by atoms with Crippen LogP contribution in [-0.2, 0) is 0 Å². The second-order valence-corrected chi connectivity index (χ2v) is 9.69. The van der Waals surface area contributed by atoms with Crippen LogP contribution < -0.4 is 4.90 Å². The number of fused-ring (bicyclic) bond motifs is 1. The third-order valence-corrected chi connectivity index (χ3v) is 6.76. The molecule has 132 valence electrons. The van der Waals surface area contributed by atoms with Crippen LogP contribution in [-0.4, -0.2) is 43.0 Å². The molecule has 3 aromatic rings. The molecule has 0 aliphatic heterocycles. The van der Waals surface area contributed by atoms with Crippen molar-refractivity contribution in [3.63, 3.8) is 0 Å². The van der Waals surface area contributed by atoms with Gasteiger partial charge in [-0.25, -0.2) is 4.98 Å². The Morgan fingerprint density at radius 1 is 1.12 bits per heavy atom. The van der Waals surface area contributed by atoms with E-state index in [4.69, 9.17) is 4.98 Å². The number of anilines is 1. The molecule has 0 radical (unpaired) electrons. The Bertz CT molecular complexity index is 916. The minimum absolute atomic E-state index is 0.00554. The summed E-state index contributed by atoms with van der Waals surface area (Å²) in [7, 11) is 4.02. The first-order valence-corrected chi connectivity index (χ1v) is 10.4. The van der Waals surface area contributed by atoms with Crippen LogP contribution in [0.4, 0.5) is 5.13 Å². The highest BCUT2D eigenvalue weighted by atomic mass is 79.9. The molecule has 7 heteroatoms. The molecule has 0 saturated heterocycles. The number of thiazole rings is 1. The number of hydrogen-bond acceptors (Lipinski definition) is 5. The Labute approximate surface area is 164 Å². The molecule has 1 amide bonds. The van der Waals surface area contributed by atoms with E-state index in [2.05, 4.69) is 46.8 Å². The molecule has 0 N–H and O–H groups in total. The third-order valence-electron chi connectivity index (χ3n) is 4.10. The summed E-state index contributed by atoms with van der Waals surface area (Å²) in [6, 6.07) is 7.98. The summed E-state index contributed by atoms with van der Waals surface area (Å²) < 4.78 is 2.08. The molecule has 0 aliphatic rings. The van der Waals surface area contributed by atoms with Gasteiger partial charge in [-0.1, -0.05) is 17.4 Å². The van der Waals surface area contributed by atoms with E-state index in [9.17, 15) is 4.79 Å². The average Bonchev–Trinajstić information content (AvgIpc) is 3.17. The van der Waals surface area contributed by atoms with Crippen LogP contribution in [0.2, 0.25) is 0 Å². The zero-order valence-corrected chi connectivity index (χ0v) is 17.9. The first-order chi connectivity index (χ1) is 11.9. The summed E-state index contributed by atoms with van der Waals surface area (Å²) in [5, 5.41) is 0.764. The number of likely N-dealkylation sites (N-methyl/N-ethyl adjacent to an activating group) is 1. The molecule has 0 atom stereocenters. The summed E-state index contributed by atoms with van der Waals surface area (Å²) in [6.07, 6.45) is 0. The van der Waals surface area contributed by atoms with Crippen LogP contribution in [0.25, 0.3) is 10.2 Å². The van der Waals surface area contributed by atoms with Crippen LogP contribution in [0, 0.1) is 13.8 Å². The van der Waals surface area contributed by atoms with Gasteiger partial charge in [0.1, 0.15) is 0 Å². The molecule has 1 aromatic carbocycles. The quantitative estimate of drug-likeness (QED) is 0.566. The molecular weight excluding hydrogens is 418 g/mol. The lowest BCUT2D eigenvalue weighted by Gasteiger charge is -2.21. The molecule has 0 bridgehead atoms. The molecule has 3 rings (SSSR count). The standard InChI is InChI=1S/C18H20BrN3OS2/c1-11-5-6-13-16(12(11)2)20-18(25-13)22(10-9-21(3)4)17(23)14-7-8-15(19)24-14/h5-8H,9-10H2,1-4H3. The van der Waals surface area contributed by atoms with Crippen molar-refractivity contribution in [2.45, 2.75) is 13.8 Å². The fourth-order valence-corrected chi connectivity index (χ4v) is 4.86. The van der Waals surface area contributed by atoms with Crippen molar-refractivity contribution in [3.05, 3.63) is 44.1 Å². The third kappa shape index (κ3) is 3.95. The summed E-state index contributed by atoms with van der Waals surface area (Å²) in [5.41, 5.74) is 3.39. The predicted molar refractivity (Wildman–Crippen MR) is 111 cm³/mol. The summed E-state index contributed by atoms with van der Waals surface area (Å²) in [6.45, 7) is 5.57. The molecule has 0 spiro atoms. The minimum atomic E-state index is 0.00554. The van der Waals surface area contributed by atoms with Crippen LogP contribution in [0.3, 0.4) is 0 Å². The predicted octanol–water partition coefficient (Wildman–Crippen LogP) is 4.95. The Morgan fingerprint density at radius 3 is 2.52 bits per heavy atom. The van der Waals surface area contributed by atoms with Gasteiger partial charge < -0.3 is 4.90 Å². The number of thiophene rings is 1. The Morgan fingerprint density at radius 2 is 1.88 bits per heavy atom.